The highest BCUT2D eigenvalue weighted by atomic mass is 35.5. The van der Waals surface area contributed by atoms with Gasteiger partial charge in [0.2, 0.25) is 9.76 Å². The van der Waals surface area contributed by atoms with E-state index in [1.54, 1.807) is 0 Å². The summed E-state index contributed by atoms with van der Waals surface area (Å²) in [5.41, 5.74) is 2.81. The Kier molecular flexibility index (Phi) is 6.58. The van der Waals surface area contributed by atoms with Crippen LogP contribution < -0.4 is 4.43 Å². The number of hydrogen-bond acceptors (Lipinski definition) is 1. The molecule has 1 nitrogen and oxygen atoms in total. The minimum absolute atomic E-state index is 0.437. The van der Waals surface area contributed by atoms with Crippen molar-refractivity contribution in [2.45, 2.75) is 39.2 Å². The van der Waals surface area contributed by atoms with Crippen LogP contribution in [0.15, 0.2) is 18.2 Å². The topological polar surface area (TPSA) is 9.23 Å². The Morgan fingerprint density at radius 3 is 2.69 bits per heavy atom. The van der Waals surface area contributed by atoms with Gasteiger partial charge in [-0.25, -0.2) is 0 Å². The molecule has 0 aliphatic carbocycles. The van der Waals surface area contributed by atoms with E-state index in [1.807, 2.05) is 0 Å². The first-order valence-electron chi connectivity index (χ1n) is 6.13. The summed E-state index contributed by atoms with van der Waals surface area (Å²) in [5, 5.41) is 0. The number of rotatable bonds is 7. The van der Waals surface area contributed by atoms with E-state index >= 15 is 0 Å². The molecule has 3 heteroatoms. The highest BCUT2D eigenvalue weighted by molar-refractivity contribution is 6.28. The van der Waals surface area contributed by atoms with Crippen LogP contribution in [0.1, 0.15) is 31.4 Å². The van der Waals surface area contributed by atoms with Crippen LogP contribution in [0.4, 0.5) is 0 Å². The van der Waals surface area contributed by atoms with Crippen molar-refractivity contribution in [2.24, 2.45) is 0 Å². The summed E-state index contributed by atoms with van der Waals surface area (Å²) in [6.07, 6.45) is 3.23. The van der Waals surface area contributed by atoms with Gasteiger partial charge in [0.1, 0.15) is 5.75 Å². The van der Waals surface area contributed by atoms with Crippen molar-refractivity contribution in [3.05, 3.63) is 29.3 Å². The molecule has 0 aromatic heterocycles. The summed E-state index contributed by atoms with van der Waals surface area (Å²) in [6.45, 7) is 4.39. The predicted molar refractivity (Wildman–Crippen MR) is 74.5 cm³/mol. The predicted octanol–water partition coefficient (Wildman–Crippen LogP) is 3.32. The fourth-order valence-electron chi connectivity index (χ4n) is 1.86. The Morgan fingerprint density at radius 2 is 2.06 bits per heavy atom. The van der Waals surface area contributed by atoms with Crippen molar-refractivity contribution in [3.63, 3.8) is 0 Å². The minimum Gasteiger partial charge on any atom is -0.549 e. The van der Waals surface area contributed by atoms with Crippen LogP contribution in [0.3, 0.4) is 0 Å². The van der Waals surface area contributed by atoms with Gasteiger partial charge in [0.05, 0.1) is 0 Å². The Morgan fingerprint density at radius 1 is 1.25 bits per heavy atom. The van der Waals surface area contributed by atoms with Gasteiger partial charge in [0, 0.05) is 5.88 Å². The molecule has 0 fully saturated rings. The van der Waals surface area contributed by atoms with Crippen LogP contribution in [-0.4, -0.2) is 15.6 Å². The zero-order valence-corrected chi connectivity index (χ0v) is 12.4. The molecule has 0 atom stereocenters. The fourth-order valence-corrected chi connectivity index (χ4v) is 3.45. The number of aryl methyl sites for hydroxylation is 1. The molecule has 0 radical (unpaired) electrons. The average molecular weight is 257 g/mol. The van der Waals surface area contributed by atoms with Gasteiger partial charge in [-0.1, -0.05) is 26.0 Å². The summed E-state index contributed by atoms with van der Waals surface area (Å²) in [7, 11) is -0.437. The second-order valence-electron chi connectivity index (χ2n) is 3.85. The zero-order valence-electron chi connectivity index (χ0n) is 10.3. The maximum absolute atomic E-state index is 5.95. The molecule has 90 valence electrons. The van der Waals surface area contributed by atoms with E-state index in [4.69, 9.17) is 16.0 Å². The number of hydrogen-bond donors (Lipinski definition) is 0. The molecule has 16 heavy (non-hydrogen) atoms. The quantitative estimate of drug-likeness (QED) is 0.413. The van der Waals surface area contributed by atoms with Crippen molar-refractivity contribution in [2.75, 3.05) is 5.88 Å². The molecule has 0 aliphatic rings. The van der Waals surface area contributed by atoms with E-state index in [9.17, 15) is 0 Å². The lowest BCUT2D eigenvalue weighted by molar-refractivity contribution is 0.580. The number of halogens is 1. The van der Waals surface area contributed by atoms with Gasteiger partial charge in [-0.05, 0) is 42.5 Å². The van der Waals surface area contributed by atoms with Gasteiger partial charge in [0.25, 0.3) is 0 Å². The van der Waals surface area contributed by atoms with Crippen LogP contribution in [0, 0.1) is 0 Å². The van der Waals surface area contributed by atoms with Gasteiger partial charge >= 0.3 is 0 Å². The highest BCUT2D eigenvalue weighted by Gasteiger charge is 2.05. The lowest BCUT2D eigenvalue weighted by atomic mass is 10.0. The standard InChI is InChI=1S/C13H21ClOSi/c1-3-11-7-5-8-13(12(11)4-2)15-16-10-6-9-14/h5,7-8H,3-4,6,9-10,16H2,1-2H3. The maximum Gasteiger partial charge on any atom is 0.219 e. The Balaban J connectivity index is 2.63. The number of benzene rings is 1. The van der Waals surface area contributed by atoms with Crippen LogP contribution in [0.25, 0.3) is 0 Å². The Bertz CT molecular complexity index is 315. The van der Waals surface area contributed by atoms with E-state index in [-0.39, 0.29) is 0 Å². The van der Waals surface area contributed by atoms with E-state index in [0.29, 0.717) is 0 Å². The van der Waals surface area contributed by atoms with E-state index in [2.05, 4.69) is 32.0 Å². The third-order valence-electron chi connectivity index (χ3n) is 2.75. The highest BCUT2D eigenvalue weighted by Crippen LogP contribution is 2.23. The Labute approximate surface area is 106 Å². The van der Waals surface area contributed by atoms with Gasteiger partial charge in [-0.15, -0.1) is 11.6 Å². The van der Waals surface area contributed by atoms with Crippen LogP contribution in [0.5, 0.6) is 5.75 Å². The Hall–Kier alpha value is -0.473. The van der Waals surface area contributed by atoms with Crippen LogP contribution >= 0.6 is 11.6 Å². The monoisotopic (exact) mass is 256 g/mol. The molecule has 0 unspecified atom stereocenters. The lowest BCUT2D eigenvalue weighted by Gasteiger charge is -2.13. The van der Waals surface area contributed by atoms with E-state index in [1.165, 1.54) is 17.2 Å². The molecule has 1 aromatic rings. The van der Waals surface area contributed by atoms with Gasteiger partial charge in [-0.3, -0.25) is 0 Å². The van der Waals surface area contributed by atoms with Gasteiger partial charge < -0.3 is 4.43 Å². The SMILES string of the molecule is CCc1cccc(O[SiH2]CCCCl)c1CC. The first kappa shape index (κ1) is 13.6. The molecule has 0 heterocycles. The molecule has 1 aromatic carbocycles. The third-order valence-corrected chi connectivity index (χ3v) is 4.32. The molecule has 0 spiro atoms. The molecule has 0 N–H and O–H groups in total. The molecule has 0 bridgehead atoms. The first-order valence-corrected chi connectivity index (χ1v) is 8.24. The lowest BCUT2D eigenvalue weighted by Crippen LogP contribution is -2.05. The molecule has 1 rings (SSSR count). The van der Waals surface area contributed by atoms with Gasteiger partial charge in [0.15, 0.2) is 0 Å². The fraction of sp³-hybridized carbons (Fsp3) is 0.538. The average Bonchev–Trinajstić information content (AvgIpc) is 2.34. The van der Waals surface area contributed by atoms with E-state index in [0.717, 1.165) is 30.9 Å². The van der Waals surface area contributed by atoms with Crippen molar-refractivity contribution >= 4 is 21.4 Å². The largest absolute Gasteiger partial charge is 0.549 e. The summed E-state index contributed by atoms with van der Waals surface area (Å²) < 4.78 is 5.95. The second kappa shape index (κ2) is 7.74. The molecule has 0 amide bonds. The van der Waals surface area contributed by atoms with E-state index < -0.39 is 9.76 Å². The molecular formula is C13H21ClOSi. The van der Waals surface area contributed by atoms with Crippen molar-refractivity contribution in [3.8, 4) is 5.75 Å². The van der Waals surface area contributed by atoms with Crippen molar-refractivity contribution < 1.29 is 4.43 Å². The molecule has 0 saturated carbocycles. The van der Waals surface area contributed by atoms with Crippen LogP contribution in [-0.2, 0) is 12.8 Å². The van der Waals surface area contributed by atoms with Crippen LogP contribution in [0.2, 0.25) is 6.04 Å². The maximum atomic E-state index is 5.95. The normalized spacial score (nSPS) is 11.2. The zero-order chi connectivity index (χ0) is 11.8. The number of alkyl halides is 1. The summed E-state index contributed by atoms with van der Waals surface area (Å²) in [5.74, 6) is 1.87. The van der Waals surface area contributed by atoms with Crippen molar-refractivity contribution in [1.29, 1.82) is 0 Å². The molecule has 0 aliphatic heterocycles. The summed E-state index contributed by atoms with van der Waals surface area (Å²) in [4.78, 5) is 0. The van der Waals surface area contributed by atoms with Gasteiger partial charge in [-0.2, -0.15) is 0 Å². The first-order chi connectivity index (χ1) is 7.83. The second-order valence-corrected chi connectivity index (χ2v) is 5.63. The van der Waals surface area contributed by atoms with Crippen molar-refractivity contribution in [1.82, 2.24) is 0 Å². The molecule has 0 saturated heterocycles. The summed E-state index contributed by atoms with van der Waals surface area (Å²) >= 11 is 5.66. The summed E-state index contributed by atoms with van der Waals surface area (Å²) in [6, 6.07) is 7.57. The molecular weight excluding hydrogens is 236 g/mol. The third kappa shape index (κ3) is 3.83. The smallest absolute Gasteiger partial charge is 0.219 e. The minimum atomic E-state index is -0.437.